The molecule has 0 spiro atoms. The number of likely N-dealkylation sites (tertiary alicyclic amines) is 1. The Morgan fingerprint density at radius 1 is 1.64 bits per heavy atom. The lowest BCUT2D eigenvalue weighted by Crippen LogP contribution is -2.42. The molecule has 2 N–H and O–H groups in total. The van der Waals surface area contributed by atoms with Gasteiger partial charge in [0, 0.05) is 18.1 Å². The Balaban J connectivity index is 2.47. The van der Waals surface area contributed by atoms with Gasteiger partial charge in [0.2, 0.25) is 0 Å². The third kappa shape index (κ3) is 2.45. The molecule has 4 heteroatoms. The van der Waals surface area contributed by atoms with E-state index in [1.807, 2.05) is 0 Å². The lowest BCUT2D eigenvalue weighted by Gasteiger charge is -2.26. The molecule has 82 valence electrons. The van der Waals surface area contributed by atoms with Gasteiger partial charge in [-0.05, 0) is 34.2 Å². The highest BCUT2D eigenvalue weighted by atomic mass is 16.4. The molecule has 1 rings (SSSR count). The SMILES string of the molecule is C[C@@H](NC1CN(C)C(C)(C)C1)C(=O)O. The molecule has 0 saturated carbocycles. The van der Waals surface area contributed by atoms with Crippen LogP contribution in [-0.2, 0) is 4.79 Å². The first kappa shape index (κ1) is 11.5. The first-order valence-electron chi connectivity index (χ1n) is 5.03. The molecule has 0 bridgehead atoms. The summed E-state index contributed by atoms with van der Waals surface area (Å²) in [5.74, 6) is -0.780. The second-order valence-corrected chi connectivity index (χ2v) is 4.82. The van der Waals surface area contributed by atoms with Crippen LogP contribution in [0.25, 0.3) is 0 Å². The topological polar surface area (TPSA) is 52.6 Å². The van der Waals surface area contributed by atoms with Crippen LogP contribution in [-0.4, -0.2) is 47.2 Å². The zero-order chi connectivity index (χ0) is 10.9. The Morgan fingerprint density at radius 2 is 2.21 bits per heavy atom. The molecular formula is C10H20N2O2. The molecule has 2 atom stereocenters. The van der Waals surface area contributed by atoms with Crippen molar-refractivity contribution in [3.8, 4) is 0 Å². The van der Waals surface area contributed by atoms with Crippen molar-refractivity contribution in [1.82, 2.24) is 10.2 Å². The van der Waals surface area contributed by atoms with Crippen molar-refractivity contribution in [3.63, 3.8) is 0 Å². The number of nitrogens with one attached hydrogen (secondary N) is 1. The molecule has 0 aromatic rings. The van der Waals surface area contributed by atoms with Crippen molar-refractivity contribution in [2.75, 3.05) is 13.6 Å². The smallest absolute Gasteiger partial charge is 0.320 e. The Kier molecular flexibility index (Phi) is 3.17. The minimum Gasteiger partial charge on any atom is -0.480 e. The van der Waals surface area contributed by atoms with Crippen molar-refractivity contribution in [2.24, 2.45) is 0 Å². The minimum absolute atomic E-state index is 0.176. The van der Waals surface area contributed by atoms with Gasteiger partial charge < -0.3 is 10.4 Å². The first-order chi connectivity index (χ1) is 6.33. The van der Waals surface area contributed by atoms with Crippen LogP contribution in [0.3, 0.4) is 0 Å². The highest BCUT2D eigenvalue weighted by Gasteiger charge is 2.36. The maximum atomic E-state index is 10.7. The summed E-state index contributed by atoms with van der Waals surface area (Å²) in [5.41, 5.74) is 0.176. The van der Waals surface area contributed by atoms with Gasteiger partial charge in [-0.15, -0.1) is 0 Å². The summed E-state index contributed by atoms with van der Waals surface area (Å²) < 4.78 is 0. The molecule has 0 amide bonds. The summed E-state index contributed by atoms with van der Waals surface area (Å²) in [6, 6.07) is -0.164. The molecule has 1 aliphatic rings. The van der Waals surface area contributed by atoms with Gasteiger partial charge >= 0.3 is 5.97 Å². The normalized spacial score (nSPS) is 29.0. The van der Waals surface area contributed by atoms with Gasteiger partial charge in [-0.2, -0.15) is 0 Å². The summed E-state index contributed by atoms with van der Waals surface area (Å²) in [7, 11) is 2.08. The van der Waals surface area contributed by atoms with E-state index < -0.39 is 12.0 Å². The Bertz CT molecular complexity index is 228. The molecule has 0 aliphatic carbocycles. The molecule has 1 fully saturated rings. The second-order valence-electron chi connectivity index (χ2n) is 4.82. The van der Waals surface area contributed by atoms with Crippen molar-refractivity contribution >= 4 is 5.97 Å². The predicted octanol–water partition coefficient (Wildman–Crippen LogP) is 0.532. The van der Waals surface area contributed by atoms with Gasteiger partial charge in [0.05, 0.1) is 0 Å². The largest absolute Gasteiger partial charge is 0.480 e. The lowest BCUT2D eigenvalue weighted by molar-refractivity contribution is -0.139. The monoisotopic (exact) mass is 200 g/mol. The number of rotatable bonds is 3. The molecule has 0 aromatic heterocycles. The zero-order valence-corrected chi connectivity index (χ0v) is 9.37. The predicted molar refractivity (Wildman–Crippen MR) is 55.3 cm³/mol. The Labute approximate surface area is 85.3 Å². The number of likely N-dealkylation sites (N-methyl/N-ethyl adjacent to an activating group) is 1. The molecule has 1 heterocycles. The van der Waals surface area contributed by atoms with E-state index in [4.69, 9.17) is 5.11 Å². The van der Waals surface area contributed by atoms with E-state index in [-0.39, 0.29) is 5.54 Å². The highest BCUT2D eigenvalue weighted by Crippen LogP contribution is 2.26. The van der Waals surface area contributed by atoms with Crippen LogP contribution in [0, 0.1) is 0 Å². The van der Waals surface area contributed by atoms with Crippen LogP contribution in [0.4, 0.5) is 0 Å². The van der Waals surface area contributed by atoms with Crippen molar-refractivity contribution in [1.29, 1.82) is 0 Å². The second kappa shape index (κ2) is 3.87. The molecule has 0 aromatic carbocycles. The molecular weight excluding hydrogens is 180 g/mol. The van der Waals surface area contributed by atoms with Crippen molar-refractivity contribution in [3.05, 3.63) is 0 Å². The molecule has 0 radical (unpaired) electrons. The number of hydrogen-bond acceptors (Lipinski definition) is 3. The van der Waals surface area contributed by atoms with Crippen molar-refractivity contribution in [2.45, 2.75) is 44.8 Å². The number of hydrogen-bond donors (Lipinski definition) is 2. The van der Waals surface area contributed by atoms with E-state index in [2.05, 4.69) is 31.1 Å². The third-order valence-corrected chi connectivity index (χ3v) is 3.13. The standard InChI is InChI=1S/C10H20N2O2/c1-7(9(13)14)11-8-5-10(2,3)12(4)6-8/h7-8,11H,5-6H2,1-4H3,(H,13,14)/t7-,8?/m1/s1. The highest BCUT2D eigenvalue weighted by molar-refractivity contribution is 5.72. The Morgan fingerprint density at radius 3 is 2.57 bits per heavy atom. The molecule has 1 unspecified atom stereocenters. The number of carboxylic acid groups (broad SMARTS) is 1. The first-order valence-corrected chi connectivity index (χ1v) is 5.03. The summed E-state index contributed by atoms with van der Waals surface area (Å²) >= 11 is 0. The fourth-order valence-corrected chi connectivity index (χ4v) is 1.94. The maximum Gasteiger partial charge on any atom is 0.320 e. The van der Waals surface area contributed by atoms with Gasteiger partial charge in [0.25, 0.3) is 0 Å². The molecule has 4 nitrogen and oxygen atoms in total. The van der Waals surface area contributed by atoms with E-state index in [0.717, 1.165) is 13.0 Å². The van der Waals surface area contributed by atoms with Crippen LogP contribution < -0.4 is 5.32 Å². The summed E-state index contributed by atoms with van der Waals surface area (Å²) in [5, 5.41) is 11.9. The van der Waals surface area contributed by atoms with Gasteiger partial charge in [0.1, 0.15) is 6.04 Å². The number of nitrogens with zero attached hydrogens (tertiary/aromatic N) is 1. The van der Waals surface area contributed by atoms with Gasteiger partial charge in [-0.1, -0.05) is 0 Å². The third-order valence-electron chi connectivity index (χ3n) is 3.13. The van der Waals surface area contributed by atoms with Gasteiger partial charge in [-0.3, -0.25) is 9.69 Å². The summed E-state index contributed by atoms with van der Waals surface area (Å²) in [4.78, 5) is 12.9. The fourth-order valence-electron chi connectivity index (χ4n) is 1.94. The summed E-state index contributed by atoms with van der Waals surface area (Å²) in [6.45, 7) is 6.97. The van der Waals surface area contributed by atoms with Crippen LogP contribution in [0.2, 0.25) is 0 Å². The van der Waals surface area contributed by atoms with Gasteiger partial charge in [-0.25, -0.2) is 0 Å². The number of carboxylic acids is 1. The number of carbonyl (C=O) groups is 1. The minimum atomic E-state index is -0.780. The molecule has 1 saturated heterocycles. The molecule has 14 heavy (non-hydrogen) atoms. The van der Waals surface area contributed by atoms with E-state index in [1.54, 1.807) is 6.92 Å². The zero-order valence-electron chi connectivity index (χ0n) is 9.37. The van der Waals surface area contributed by atoms with Crippen LogP contribution in [0.15, 0.2) is 0 Å². The van der Waals surface area contributed by atoms with E-state index in [1.165, 1.54) is 0 Å². The van der Waals surface area contributed by atoms with Crippen LogP contribution in [0.5, 0.6) is 0 Å². The summed E-state index contributed by atoms with van der Waals surface area (Å²) in [6.07, 6.45) is 1.00. The van der Waals surface area contributed by atoms with Crippen LogP contribution in [0.1, 0.15) is 27.2 Å². The molecule has 1 aliphatic heterocycles. The van der Waals surface area contributed by atoms with Gasteiger partial charge in [0.15, 0.2) is 0 Å². The van der Waals surface area contributed by atoms with E-state index >= 15 is 0 Å². The quantitative estimate of drug-likeness (QED) is 0.698. The van der Waals surface area contributed by atoms with E-state index in [0.29, 0.717) is 6.04 Å². The lowest BCUT2D eigenvalue weighted by atomic mass is 10.0. The Hall–Kier alpha value is -0.610. The fraction of sp³-hybridized carbons (Fsp3) is 0.900. The average molecular weight is 200 g/mol. The van der Waals surface area contributed by atoms with Crippen molar-refractivity contribution < 1.29 is 9.90 Å². The van der Waals surface area contributed by atoms with E-state index in [9.17, 15) is 4.79 Å². The maximum absolute atomic E-state index is 10.7. The average Bonchev–Trinajstić information content (AvgIpc) is 2.25. The number of aliphatic carboxylic acids is 1. The van der Waals surface area contributed by atoms with Crippen LogP contribution >= 0.6 is 0 Å².